The maximum atomic E-state index is 13.1. The summed E-state index contributed by atoms with van der Waals surface area (Å²) in [7, 11) is 1.87. The number of nitrogens with two attached hydrogens (primary N) is 1. The lowest BCUT2D eigenvalue weighted by Crippen LogP contribution is -2.44. The highest BCUT2D eigenvalue weighted by atomic mass is 35.5. The Bertz CT molecular complexity index is 1210. The van der Waals surface area contributed by atoms with Crippen molar-refractivity contribution in [3.63, 3.8) is 0 Å². The van der Waals surface area contributed by atoms with Crippen LogP contribution < -0.4 is 5.73 Å². The second kappa shape index (κ2) is 6.72. The van der Waals surface area contributed by atoms with E-state index >= 15 is 0 Å². The predicted molar refractivity (Wildman–Crippen MR) is 109 cm³/mol. The number of hydrogen-bond donors (Lipinski definition) is 1. The van der Waals surface area contributed by atoms with Gasteiger partial charge in [0.25, 0.3) is 5.91 Å². The number of nitrogens with zero attached hydrogens (tertiary/aromatic N) is 4. The Hall–Kier alpha value is -3.16. The van der Waals surface area contributed by atoms with E-state index < -0.39 is 6.17 Å². The van der Waals surface area contributed by atoms with Gasteiger partial charge in [-0.2, -0.15) is 5.10 Å². The molecule has 8 heteroatoms. The Labute approximate surface area is 171 Å². The highest BCUT2D eigenvalue weighted by Crippen LogP contribution is 2.35. The first kappa shape index (κ1) is 17.9. The number of aromatic nitrogens is 3. The average Bonchev–Trinajstić information content (AvgIpc) is 3.29. The summed E-state index contributed by atoms with van der Waals surface area (Å²) < 4.78 is 7.48. The third kappa shape index (κ3) is 2.90. The highest BCUT2D eigenvalue weighted by Gasteiger charge is 2.35. The Morgan fingerprint density at radius 3 is 2.93 bits per heavy atom. The molecular formula is C21H18ClN5O2. The van der Waals surface area contributed by atoms with Gasteiger partial charge in [-0.1, -0.05) is 23.7 Å². The molecule has 146 valence electrons. The first-order chi connectivity index (χ1) is 14.0. The fraction of sp³-hybridized carbons (Fsp3) is 0.190. The number of rotatable bonds is 2. The molecule has 0 saturated carbocycles. The number of pyridine rings is 1. The number of halogens is 1. The van der Waals surface area contributed by atoms with Crippen LogP contribution in [-0.2, 0) is 13.5 Å². The molecule has 5 rings (SSSR count). The van der Waals surface area contributed by atoms with Crippen molar-refractivity contribution in [1.82, 2.24) is 19.7 Å². The van der Waals surface area contributed by atoms with E-state index in [2.05, 4.69) is 10.1 Å². The van der Waals surface area contributed by atoms with Gasteiger partial charge in [0.15, 0.2) is 11.3 Å². The van der Waals surface area contributed by atoms with E-state index in [0.29, 0.717) is 34.8 Å². The number of aryl methyl sites for hydroxylation is 1. The molecule has 1 atom stereocenters. The summed E-state index contributed by atoms with van der Waals surface area (Å²) >= 11 is 6.17. The molecule has 1 aromatic carbocycles. The number of carbonyl (C=O) groups is 1. The van der Waals surface area contributed by atoms with E-state index in [1.165, 1.54) is 0 Å². The molecule has 4 aromatic rings. The fourth-order valence-electron chi connectivity index (χ4n) is 3.93. The zero-order valence-electron chi connectivity index (χ0n) is 15.7. The van der Waals surface area contributed by atoms with Crippen molar-refractivity contribution in [3.05, 3.63) is 70.7 Å². The van der Waals surface area contributed by atoms with Gasteiger partial charge in [-0.05, 0) is 30.7 Å². The van der Waals surface area contributed by atoms with Crippen LogP contribution in [0.1, 0.15) is 28.0 Å². The monoisotopic (exact) mass is 407 g/mol. The Kier molecular flexibility index (Phi) is 4.15. The van der Waals surface area contributed by atoms with Crippen LogP contribution in [0.4, 0.5) is 0 Å². The van der Waals surface area contributed by atoms with Gasteiger partial charge in [-0.15, -0.1) is 0 Å². The molecule has 0 saturated heterocycles. The minimum atomic E-state index is -0.661. The van der Waals surface area contributed by atoms with Crippen molar-refractivity contribution in [2.75, 3.05) is 6.54 Å². The van der Waals surface area contributed by atoms with Gasteiger partial charge in [0.2, 0.25) is 0 Å². The quantitative estimate of drug-likeness (QED) is 0.549. The molecule has 0 bridgehead atoms. The molecule has 1 aliphatic rings. The van der Waals surface area contributed by atoms with Crippen molar-refractivity contribution < 1.29 is 9.21 Å². The number of amides is 1. The van der Waals surface area contributed by atoms with E-state index in [0.717, 1.165) is 16.8 Å². The van der Waals surface area contributed by atoms with Gasteiger partial charge >= 0.3 is 0 Å². The van der Waals surface area contributed by atoms with Crippen LogP contribution >= 0.6 is 11.6 Å². The molecule has 4 heterocycles. The summed E-state index contributed by atoms with van der Waals surface area (Å²) in [4.78, 5) is 18.9. The van der Waals surface area contributed by atoms with Gasteiger partial charge in [0, 0.05) is 42.0 Å². The summed E-state index contributed by atoms with van der Waals surface area (Å²) in [5.41, 5.74) is 11.4. The Morgan fingerprint density at radius 2 is 2.14 bits per heavy atom. The van der Waals surface area contributed by atoms with Crippen molar-refractivity contribution in [1.29, 1.82) is 0 Å². The van der Waals surface area contributed by atoms with Crippen molar-refractivity contribution in [2.45, 2.75) is 12.6 Å². The number of fused-ring (bicyclic) bond motifs is 2. The minimum absolute atomic E-state index is 0.226. The zero-order chi connectivity index (χ0) is 20.1. The summed E-state index contributed by atoms with van der Waals surface area (Å²) in [6, 6.07) is 12.8. The van der Waals surface area contributed by atoms with Crippen LogP contribution in [0.25, 0.3) is 22.4 Å². The SMILES string of the molecule is Cn1nc2c(c1-c1cccc(Cl)c1)CCN(C(=O)c1cc3ncccc3o1)[C@H]2N. The largest absolute Gasteiger partial charge is 0.449 e. The highest BCUT2D eigenvalue weighted by molar-refractivity contribution is 6.30. The molecule has 0 fully saturated rings. The Balaban J connectivity index is 1.50. The van der Waals surface area contributed by atoms with Gasteiger partial charge in [-0.3, -0.25) is 14.5 Å². The van der Waals surface area contributed by atoms with E-state index in [1.807, 2.05) is 31.3 Å². The first-order valence-electron chi connectivity index (χ1n) is 9.26. The third-order valence-electron chi connectivity index (χ3n) is 5.25. The summed E-state index contributed by atoms with van der Waals surface area (Å²) in [6.45, 7) is 0.469. The molecule has 1 amide bonds. The number of benzene rings is 1. The van der Waals surface area contributed by atoms with Crippen LogP contribution in [0.3, 0.4) is 0 Å². The van der Waals surface area contributed by atoms with Crippen LogP contribution in [0.2, 0.25) is 5.02 Å². The van der Waals surface area contributed by atoms with Crippen molar-refractivity contribution in [2.24, 2.45) is 12.8 Å². The van der Waals surface area contributed by atoms with Crippen LogP contribution in [0.15, 0.2) is 53.1 Å². The first-order valence-corrected chi connectivity index (χ1v) is 9.63. The van der Waals surface area contributed by atoms with Crippen LogP contribution in [-0.4, -0.2) is 32.1 Å². The summed E-state index contributed by atoms with van der Waals surface area (Å²) in [5, 5.41) is 5.28. The lowest BCUT2D eigenvalue weighted by atomic mass is 9.98. The van der Waals surface area contributed by atoms with E-state index in [4.69, 9.17) is 21.8 Å². The topological polar surface area (TPSA) is 90.2 Å². The van der Waals surface area contributed by atoms with Gasteiger partial charge in [0.1, 0.15) is 17.4 Å². The van der Waals surface area contributed by atoms with E-state index in [9.17, 15) is 4.79 Å². The number of furan rings is 1. The van der Waals surface area contributed by atoms with Gasteiger partial charge in [0.05, 0.1) is 5.69 Å². The minimum Gasteiger partial charge on any atom is -0.449 e. The lowest BCUT2D eigenvalue weighted by molar-refractivity contribution is 0.0631. The number of hydrogen-bond acceptors (Lipinski definition) is 5. The third-order valence-corrected chi connectivity index (χ3v) is 5.49. The molecule has 0 spiro atoms. The predicted octanol–water partition coefficient (Wildman–Crippen LogP) is 3.54. The van der Waals surface area contributed by atoms with Crippen molar-refractivity contribution in [3.8, 4) is 11.3 Å². The Morgan fingerprint density at radius 1 is 1.28 bits per heavy atom. The van der Waals surface area contributed by atoms with Crippen LogP contribution in [0.5, 0.6) is 0 Å². The normalized spacial score (nSPS) is 16.2. The molecule has 0 unspecified atom stereocenters. The lowest BCUT2D eigenvalue weighted by Gasteiger charge is -2.31. The van der Waals surface area contributed by atoms with Crippen LogP contribution in [0, 0.1) is 0 Å². The number of carbonyl (C=O) groups excluding carboxylic acids is 1. The van der Waals surface area contributed by atoms with E-state index in [-0.39, 0.29) is 11.7 Å². The average molecular weight is 408 g/mol. The second-order valence-corrected chi connectivity index (χ2v) is 7.47. The molecule has 7 nitrogen and oxygen atoms in total. The second-order valence-electron chi connectivity index (χ2n) is 7.04. The standard InChI is InChI=1S/C21H18ClN5O2/c1-26-19(12-4-2-5-13(22)10-12)14-7-9-27(20(23)18(14)25-26)21(28)17-11-15-16(29-17)6-3-8-24-15/h2-6,8,10-11,20H,7,9,23H2,1H3/t20-/m1/s1. The van der Waals surface area contributed by atoms with Crippen molar-refractivity contribution >= 4 is 28.6 Å². The fourth-order valence-corrected chi connectivity index (χ4v) is 4.12. The summed E-state index contributed by atoms with van der Waals surface area (Å²) in [6.07, 6.45) is 1.64. The molecule has 2 N–H and O–H groups in total. The van der Waals surface area contributed by atoms with E-state index in [1.54, 1.807) is 34.0 Å². The molecule has 29 heavy (non-hydrogen) atoms. The maximum Gasteiger partial charge on any atom is 0.291 e. The molecule has 1 aliphatic heterocycles. The van der Waals surface area contributed by atoms with Gasteiger partial charge in [-0.25, -0.2) is 0 Å². The molecular weight excluding hydrogens is 390 g/mol. The smallest absolute Gasteiger partial charge is 0.291 e. The zero-order valence-corrected chi connectivity index (χ0v) is 16.4. The molecule has 0 radical (unpaired) electrons. The molecule has 0 aliphatic carbocycles. The molecule has 3 aromatic heterocycles. The maximum absolute atomic E-state index is 13.1. The summed E-state index contributed by atoms with van der Waals surface area (Å²) in [5.74, 6) is -0.0419. The van der Waals surface area contributed by atoms with Gasteiger partial charge < -0.3 is 15.1 Å².